The van der Waals surface area contributed by atoms with Gasteiger partial charge in [-0.1, -0.05) is 4.49 Å². The highest BCUT2D eigenvalue weighted by Crippen LogP contribution is 2.31. The topological polar surface area (TPSA) is 90.9 Å². The Morgan fingerprint density at radius 2 is 2.42 bits per heavy atom. The van der Waals surface area contributed by atoms with Gasteiger partial charge >= 0.3 is 0 Å². The van der Waals surface area contributed by atoms with Gasteiger partial charge in [0.25, 0.3) is 0 Å². The summed E-state index contributed by atoms with van der Waals surface area (Å²) in [6.45, 7) is 3.15. The van der Waals surface area contributed by atoms with Gasteiger partial charge in [-0.05, 0) is 34.4 Å². The van der Waals surface area contributed by atoms with E-state index in [2.05, 4.69) is 36.0 Å². The number of hydrogen-bond donors (Lipinski definition) is 2. The fourth-order valence-corrected chi connectivity index (χ4v) is 3.03. The standard InChI is InChI=1S/C10H15BrN6OS/c1-6-10(19-16-15-6)8(14-12)9-7(11)5-13-17(9)3-4-18-2/h5,8,14H,3-4,12H2,1-2H3. The van der Waals surface area contributed by atoms with Gasteiger partial charge in [-0.25, -0.2) is 5.43 Å². The van der Waals surface area contributed by atoms with Crippen LogP contribution >= 0.6 is 27.5 Å². The largest absolute Gasteiger partial charge is 0.383 e. The van der Waals surface area contributed by atoms with Crippen molar-refractivity contribution in [1.29, 1.82) is 0 Å². The molecule has 2 rings (SSSR count). The van der Waals surface area contributed by atoms with Crippen molar-refractivity contribution < 1.29 is 4.74 Å². The molecule has 1 unspecified atom stereocenters. The SMILES string of the molecule is COCCn1ncc(Br)c1C(NN)c1snnc1C. The second-order valence-corrected chi connectivity index (χ2v) is 5.56. The molecule has 0 aliphatic heterocycles. The van der Waals surface area contributed by atoms with Crippen molar-refractivity contribution in [3.05, 3.63) is 26.9 Å². The van der Waals surface area contributed by atoms with E-state index in [1.54, 1.807) is 13.3 Å². The lowest BCUT2D eigenvalue weighted by molar-refractivity contribution is 0.182. The van der Waals surface area contributed by atoms with E-state index >= 15 is 0 Å². The number of methoxy groups -OCH3 is 1. The zero-order valence-corrected chi connectivity index (χ0v) is 13.0. The van der Waals surface area contributed by atoms with Crippen molar-refractivity contribution in [1.82, 2.24) is 24.8 Å². The summed E-state index contributed by atoms with van der Waals surface area (Å²) in [5, 5.41) is 8.34. The third-order valence-corrected chi connectivity index (χ3v) is 4.23. The maximum Gasteiger partial charge on any atom is 0.102 e. The van der Waals surface area contributed by atoms with Crippen LogP contribution in [0.4, 0.5) is 0 Å². The van der Waals surface area contributed by atoms with Crippen LogP contribution in [0.2, 0.25) is 0 Å². The van der Waals surface area contributed by atoms with Crippen molar-refractivity contribution in [3.63, 3.8) is 0 Å². The van der Waals surface area contributed by atoms with Crippen LogP contribution in [0.15, 0.2) is 10.7 Å². The molecular weight excluding hydrogens is 332 g/mol. The van der Waals surface area contributed by atoms with E-state index in [-0.39, 0.29) is 6.04 Å². The molecule has 19 heavy (non-hydrogen) atoms. The number of aryl methyl sites for hydroxylation is 1. The van der Waals surface area contributed by atoms with Gasteiger partial charge in [-0.15, -0.1) is 5.10 Å². The number of ether oxygens (including phenoxy) is 1. The molecule has 0 aromatic carbocycles. The second kappa shape index (κ2) is 6.53. The number of hydrogen-bond acceptors (Lipinski definition) is 7. The Morgan fingerprint density at radius 3 is 3.00 bits per heavy atom. The molecule has 2 aromatic heterocycles. The maximum absolute atomic E-state index is 5.70. The summed E-state index contributed by atoms with van der Waals surface area (Å²) in [5.74, 6) is 5.70. The van der Waals surface area contributed by atoms with Gasteiger partial charge < -0.3 is 4.74 Å². The molecule has 0 radical (unpaired) electrons. The Kier molecular flexibility index (Phi) is 4.99. The first-order chi connectivity index (χ1) is 9.19. The van der Waals surface area contributed by atoms with E-state index in [0.717, 1.165) is 20.7 Å². The van der Waals surface area contributed by atoms with Gasteiger partial charge in [0.05, 0.1) is 40.1 Å². The Balaban J connectivity index is 2.38. The van der Waals surface area contributed by atoms with Gasteiger partial charge in [0, 0.05) is 7.11 Å². The molecule has 104 valence electrons. The van der Waals surface area contributed by atoms with Gasteiger partial charge in [0.1, 0.15) is 6.04 Å². The van der Waals surface area contributed by atoms with Crippen molar-refractivity contribution in [3.8, 4) is 0 Å². The average molecular weight is 347 g/mol. The van der Waals surface area contributed by atoms with Gasteiger partial charge in [0.15, 0.2) is 0 Å². The zero-order chi connectivity index (χ0) is 13.8. The third-order valence-electron chi connectivity index (χ3n) is 2.73. The predicted octanol–water partition coefficient (Wildman–Crippen LogP) is 1.00. The summed E-state index contributed by atoms with van der Waals surface area (Å²) >= 11 is 4.83. The Bertz CT molecular complexity index is 542. The molecule has 9 heteroatoms. The fourth-order valence-electron chi connectivity index (χ4n) is 1.80. The van der Waals surface area contributed by atoms with Crippen LogP contribution in [0.5, 0.6) is 0 Å². The average Bonchev–Trinajstić information content (AvgIpc) is 2.97. The minimum atomic E-state index is -0.200. The highest BCUT2D eigenvalue weighted by atomic mass is 79.9. The monoisotopic (exact) mass is 346 g/mol. The predicted molar refractivity (Wildman–Crippen MR) is 75.6 cm³/mol. The van der Waals surface area contributed by atoms with E-state index in [4.69, 9.17) is 10.6 Å². The van der Waals surface area contributed by atoms with Crippen LogP contribution in [0.1, 0.15) is 22.3 Å². The Labute approximate surface area is 123 Å². The van der Waals surface area contributed by atoms with E-state index < -0.39 is 0 Å². The summed E-state index contributed by atoms with van der Waals surface area (Å²) in [7, 11) is 1.66. The molecule has 0 saturated carbocycles. The molecule has 0 amide bonds. The number of nitrogens with zero attached hydrogens (tertiary/aromatic N) is 4. The molecular formula is C10H15BrN6OS. The maximum atomic E-state index is 5.70. The van der Waals surface area contributed by atoms with Crippen molar-refractivity contribution in [2.24, 2.45) is 5.84 Å². The summed E-state index contributed by atoms with van der Waals surface area (Å²) in [6.07, 6.45) is 1.75. The molecule has 0 spiro atoms. The quantitative estimate of drug-likeness (QED) is 0.599. The van der Waals surface area contributed by atoms with Crippen LogP contribution in [0, 0.1) is 6.92 Å². The Morgan fingerprint density at radius 1 is 1.63 bits per heavy atom. The molecule has 0 fully saturated rings. The first-order valence-electron chi connectivity index (χ1n) is 5.64. The summed E-state index contributed by atoms with van der Waals surface area (Å²) in [5.41, 5.74) is 4.60. The molecule has 7 nitrogen and oxygen atoms in total. The zero-order valence-electron chi connectivity index (χ0n) is 10.6. The van der Waals surface area contributed by atoms with Gasteiger partial charge in [-0.2, -0.15) is 5.10 Å². The van der Waals surface area contributed by atoms with Crippen LogP contribution in [-0.4, -0.2) is 33.1 Å². The van der Waals surface area contributed by atoms with Crippen LogP contribution in [0.3, 0.4) is 0 Å². The second-order valence-electron chi connectivity index (χ2n) is 3.92. The normalized spacial score (nSPS) is 12.8. The van der Waals surface area contributed by atoms with Crippen molar-refractivity contribution in [2.75, 3.05) is 13.7 Å². The number of halogens is 1. The van der Waals surface area contributed by atoms with Crippen LogP contribution < -0.4 is 11.3 Å². The molecule has 0 bridgehead atoms. The minimum Gasteiger partial charge on any atom is -0.383 e. The Hall–Kier alpha value is -0.870. The van der Waals surface area contributed by atoms with Gasteiger partial charge in [-0.3, -0.25) is 10.5 Å². The number of rotatable bonds is 6. The van der Waals surface area contributed by atoms with E-state index in [0.29, 0.717) is 13.2 Å². The summed E-state index contributed by atoms with van der Waals surface area (Å²) < 4.78 is 11.8. The first-order valence-corrected chi connectivity index (χ1v) is 7.20. The molecule has 1 atom stereocenters. The first kappa shape index (κ1) is 14.5. The lowest BCUT2D eigenvalue weighted by Crippen LogP contribution is -2.31. The number of nitrogens with two attached hydrogens (primary N) is 1. The molecule has 0 saturated heterocycles. The number of nitrogens with one attached hydrogen (secondary N) is 1. The minimum absolute atomic E-state index is 0.200. The third kappa shape index (κ3) is 3.00. The number of aromatic nitrogens is 4. The van der Waals surface area contributed by atoms with E-state index in [1.807, 2.05) is 11.6 Å². The van der Waals surface area contributed by atoms with E-state index in [1.165, 1.54) is 11.5 Å². The van der Waals surface area contributed by atoms with Crippen molar-refractivity contribution >= 4 is 27.5 Å². The van der Waals surface area contributed by atoms with Crippen molar-refractivity contribution in [2.45, 2.75) is 19.5 Å². The lowest BCUT2D eigenvalue weighted by Gasteiger charge is -2.17. The molecule has 2 heterocycles. The van der Waals surface area contributed by atoms with Crippen LogP contribution in [0.25, 0.3) is 0 Å². The molecule has 0 aliphatic rings. The van der Waals surface area contributed by atoms with E-state index in [9.17, 15) is 0 Å². The molecule has 3 N–H and O–H groups in total. The number of hydrazine groups is 1. The molecule has 0 aliphatic carbocycles. The van der Waals surface area contributed by atoms with Crippen LogP contribution in [-0.2, 0) is 11.3 Å². The smallest absolute Gasteiger partial charge is 0.102 e. The summed E-state index contributed by atoms with van der Waals surface area (Å²) in [6, 6.07) is -0.200. The summed E-state index contributed by atoms with van der Waals surface area (Å²) in [4.78, 5) is 0.974. The highest BCUT2D eigenvalue weighted by Gasteiger charge is 2.24. The fraction of sp³-hybridized carbons (Fsp3) is 0.500. The lowest BCUT2D eigenvalue weighted by atomic mass is 10.1. The highest BCUT2D eigenvalue weighted by molar-refractivity contribution is 9.10. The van der Waals surface area contributed by atoms with Gasteiger partial charge in [0.2, 0.25) is 0 Å². The molecule has 2 aromatic rings.